The molecular formula is C18H25N3. The van der Waals surface area contributed by atoms with Crippen molar-refractivity contribution in [2.45, 2.75) is 51.9 Å². The number of benzene rings is 1. The Morgan fingerprint density at radius 3 is 2.29 bits per heavy atom. The van der Waals surface area contributed by atoms with E-state index in [9.17, 15) is 0 Å². The highest BCUT2D eigenvalue weighted by molar-refractivity contribution is 5.72. The molecule has 0 saturated heterocycles. The molecule has 1 aliphatic rings. The molecule has 2 aromatic rings. The van der Waals surface area contributed by atoms with Crippen molar-refractivity contribution < 1.29 is 0 Å². The van der Waals surface area contributed by atoms with Gasteiger partial charge in [0.05, 0.1) is 0 Å². The number of nitrogens with two attached hydrogens (primary N) is 1. The van der Waals surface area contributed by atoms with Crippen LogP contribution in [-0.4, -0.2) is 9.55 Å². The lowest BCUT2D eigenvalue weighted by atomic mass is 9.89. The number of rotatable bonds is 2. The Hall–Kier alpha value is -1.77. The maximum absolute atomic E-state index is 6.34. The highest BCUT2D eigenvalue weighted by atomic mass is 15.1. The van der Waals surface area contributed by atoms with E-state index < -0.39 is 0 Å². The molecule has 1 heterocycles. The predicted octanol–water partition coefficient (Wildman–Crippen LogP) is 4.33. The summed E-state index contributed by atoms with van der Waals surface area (Å²) in [6, 6.07) is 6.54. The van der Waals surface area contributed by atoms with E-state index in [0.29, 0.717) is 5.92 Å². The molecule has 0 atom stereocenters. The molecular weight excluding hydrogens is 258 g/mol. The van der Waals surface area contributed by atoms with E-state index in [2.05, 4.69) is 43.7 Å². The van der Waals surface area contributed by atoms with E-state index in [1.54, 1.807) is 0 Å². The summed E-state index contributed by atoms with van der Waals surface area (Å²) >= 11 is 0. The van der Waals surface area contributed by atoms with Crippen LogP contribution in [-0.2, 0) is 7.05 Å². The second-order valence-corrected chi connectivity index (χ2v) is 6.47. The first kappa shape index (κ1) is 14.2. The zero-order valence-electron chi connectivity index (χ0n) is 13.3. The molecule has 3 rings (SSSR count). The van der Waals surface area contributed by atoms with Crippen LogP contribution >= 0.6 is 0 Å². The van der Waals surface area contributed by atoms with E-state index >= 15 is 0 Å². The van der Waals surface area contributed by atoms with Crippen LogP contribution in [0.5, 0.6) is 0 Å². The third kappa shape index (κ3) is 2.69. The molecule has 21 heavy (non-hydrogen) atoms. The van der Waals surface area contributed by atoms with Crippen LogP contribution in [0.2, 0.25) is 0 Å². The van der Waals surface area contributed by atoms with Gasteiger partial charge < -0.3 is 10.3 Å². The number of nitrogens with zero attached hydrogens (tertiary/aromatic N) is 2. The molecule has 0 unspecified atom stereocenters. The summed E-state index contributed by atoms with van der Waals surface area (Å²) in [5.41, 5.74) is 11.0. The first-order chi connectivity index (χ1) is 10.1. The summed E-state index contributed by atoms with van der Waals surface area (Å²) in [5.74, 6) is 2.53. The molecule has 1 aromatic heterocycles. The minimum atomic E-state index is 0.575. The average Bonchev–Trinajstić information content (AvgIpc) is 2.75. The molecule has 0 radical (unpaired) electrons. The minimum absolute atomic E-state index is 0.575. The first-order valence-electron chi connectivity index (χ1n) is 7.97. The largest absolute Gasteiger partial charge is 0.383 e. The van der Waals surface area contributed by atoms with Gasteiger partial charge in [-0.25, -0.2) is 4.98 Å². The normalized spacial score (nSPS) is 16.3. The van der Waals surface area contributed by atoms with Gasteiger partial charge in [-0.2, -0.15) is 0 Å². The lowest BCUT2D eigenvalue weighted by Gasteiger charge is -2.21. The highest BCUT2D eigenvalue weighted by Gasteiger charge is 2.23. The fourth-order valence-corrected chi connectivity index (χ4v) is 3.58. The Morgan fingerprint density at radius 2 is 1.67 bits per heavy atom. The third-order valence-electron chi connectivity index (χ3n) is 4.64. The van der Waals surface area contributed by atoms with E-state index in [-0.39, 0.29) is 0 Å². The van der Waals surface area contributed by atoms with Gasteiger partial charge in [0.25, 0.3) is 0 Å². The lowest BCUT2D eigenvalue weighted by molar-refractivity contribution is 0.422. The predicted molar refractivity (Wildman–Crippen MR) is 88.4 cm³/mol. The Kier molecular flexibility index (Phi) is 3.75. The smallest absolute Gasteiger partial charge is 0.131 e. The van der Waals surface area contributed by atoms with Crippen LogP contribution in [0.3, 0.4) is 0 Å². The number of aryl methyl sites for hydroxylation is 2. The first-order valence-corrected chi connectivity index (χ1v) is 7.97. The van der Waals surface area contributed by atoms with Crippen molar-refractivity contribution in [3.05, 3.63) is 35.2 Å². The molecule has 0 amide bonds. The van der Waals surface area contributed by atoms with Crippen molar-refractivity contribution in [1.29, 1.82) is 0 Å². The van der Waals surface area contributed by atoms with Gasteiger partial charge in [-0.1, -0.05) is 36.5 Å². The van der Waals surface area contributed by atoms with Crippen molar-refractivity contribution >= 4 is 5.82 Å². The topological polar surface area (TPSA) is 43.8 Å². The summed E-state index contributed by atoms with van der Waals surface area (Å²) in [7, 11) is 2.05. The Balaban J connectivity index is 2.03. The number of anilines is 1. The van der Waals surface area contributed by atoms with Crippen LogP contribution in [0, 0.1) is 13.8 Å². The number of hydrogen-bond donors (Lipinski definition) is 1. The third-order valence-corrected chi connectivity index (χ3v) is 4.64. The van der Waals surface area contributed by atoms with Crippen LogP contribution in [0.15, 0.2) is 18.2 Å². The van der Waals surface area contributed by atoms with Crippen LogP contribution in [0.4, 0.5) is 5.82 Å². The molecule has 1 saturated carbocycles. The van der Waals surface area contributed by atoms with Gasteiger partial charge in [0.15, 0.2) is 0 Å². The second kappa shape index (κ2) is 5.55. The molecule has 1 aliphatic carbocycles. The van der Waals surface area contributed by atoms with Crippen LogP contribution in [0.25, 0.3) is 11.3 Å². The Morgan fingerprint density at radius 1 is 1.05 bits per heavy atom. The molecule has 2 N–H and O–H groups in total. The molecule has 0 aliphatic heterocycles. The van der Waals surface area contributed by atoms with Crippen molar-refractivity contribution in [3.63, 3.8) is 0 Å². The van der Waals surface area contributed by atoms with E-state index in [1.807, 2.05) is 0 Å². The summed E-state index contributed by atoms with van der Waals surface area (Å²) in [6.45, 7) is 4.25. The molecule has 0 bridgehead atoms. The summed E-state index contributed by atoms with van der Waals surface area (Å²) in [4.78, 5) is 4.92. The molecule has 3 heteroatoms. The molecule has 1 fully saturated rings. The van der Waals surface area contributed by atoms with Gasteiger partial charge >= 0.3 is 0 Å². The maximum Gasteiger partial charge on any atom is 0.131 e. The van der Waals surface area contributed by atoms with E-state index in [4.69, 9.17) is 10.7 Å². The second-order valence-electron chi connectivity index (χ2n) is 6.47. The zero-order chi connectivity index (χ0) is 15.0. The summed E-state index contributed by atoms with van der Waals surface area (Å²) < 4.78 is 2.10. The van der Waals surface area contributed by atoms with Crippen molar-refractivity contribution in [1.82, 2.24) is 9.55 Å². The molecule has 1 aromatic carbocycles. The molecule has 112 valence electrons. The number of nitrogen functional groups attached to an aromatic ring is 1. The summed E-state index contributed by atoms with van der Waals surface area (Å²) in [5, 5.41) is 0. The monoisotopic (exact) mass is 283 g/mol. The van der Waals surface area contributed by atoms with Crippen molar-refractivity contribution in [2.24, 2.45) is 7.05 Å². The van der Waals surface area contributed by atoms with E-state index in [1.165, 1.54) is 49.1 Å². The fraction of sp³-hybridized carbons (Fsp3) is 0.500. The van der Waals surface area contributed by atoms with E-state index in [0.717, 1.165) is 17.1 Å². The minimum Gasteiger partial charge on any atom is -0.383 e. The van der Waals surface area contributed by atoms with Gasteiger partial charge in [0.2, 0.25) is 0 Å². The Labute approximate surface area is 127 Å². The quantitative estimate of drug-likeness (QED) is 0.891. The van der Waals surface area contributed by atoms with Gasteiger partial charge in [-0.3, -0.25) is 0 Å². The van der Waals surface area contributed by atoms with Gasteiger partial charge in [-0.15, -0.1) is 0 Å². The van der Waals surface area contributed by atoms with Crippen LogP contribution < -0.4 is 5.73 Å². The molecule has 3 nitrogen and oxygen atoms in total. The highest BCUT2D eigenvalue weighted by Crippen LogP contribution is 2.36. The molecule has 0 spiro atoms. The Bertz CT molecular complexity index is 628. The number of aromatic nitrogens is 2. The average molecular weight is 283 g/mol. The van der Waals surface area contributed by atoms with Gasteiger partial charge in [-0.05, 0) is 38.8 Å². The van der Waals surface area contributed by atoms with Crippen molar-refractivity contribution in [2.75, 3.05) is 5.73 Å². The maximum atomic E-state index is 6.34. The SMILES string of the molecule is Cc1cc(C)cc(-c2nc(C3CCCCC3)n(C)c2N)c1. The number of hydrogen-bond acceptors (Lipinski definition) is 2. The van der Waals surface area contributed by atoms with Crippen molar-refractivity contribution in [3.8, 4) is 11.3 Å². The lowest BCUT2D eigenvalue weighted by Crippen LogP contribution is -2.11. The fourth-order valence-electron chi connectivity index (χ4n) is 3.58. The van der Waals surface area contributed by atoms with Crippen LogP contribution in [0.1, 0.15) is 55.0 Å². The standard InChI is InChI=1S/C18H25N3/c1-12-9-13(2)11-15(10-12)16-17(19)21(3)18(20-16)14-7-5-4-6-8-14/h9-11,14H,4-8,19H2,1-3H3. The zero-order valence-corrected chi connectivity index (χ0v) is 13.3. The van der Waals surface area contributed by atoms with Gasteiger partial charge in [0.1, 0.15) is 17.3 Å². The van der Waals surface area contributed by atoms with Gasteiger partial charge in [0, 0.05) is 18.5 Å². The number of imidazole rings is 1. The summed E-state index contributed by atoms with van der Waals surface area (Å²) in [6.07, 6.45) is 6.49.